The van der Waals surface area contributed by atoms with Crippen molar-refractivity contribution in [3.63, 3.8) is 0 Å². The van der Waals surface area contributed by atoms with E-state index < -0.39 is 0 Å². The Bertz CT molecular complexity index is 656. The molecule has 0 spiro atoms. The van der Waals surface area contributed by atoms with Crippen molar-refractivity contribution >= 4 is 5.91 Å². The van der Waals surface area contributed by atoms with Gasteiger partial charge in [-0.25, -0.2) is 0 Å². The fourth-order valence-electron chi connectivity index (χ4n) is 2.89. The zero-order valence-corrected chi connectivity index (χ0v) is 13.2. The van der Waals surface area contributed by atoms with Gasteiger partial charge in [-0.05, 0) is 12.5 Å². The first-order valence-corrected chi connectivity index (χ1v) is 7.67. The van der Waals surface area contributed by atoms with Gasteiger partial charge < -0.3 is 4.90 Å². The second-order valence-corrected chi connectivity index (χ2v) is 5.96. The van der Waals surface area contributed by atoms with Crippen molar-refractivity contribution in [2.45, 2.75) is 13.5 Å². The average molecular weight is 298 g/mol. The Morgan fingerprint density at radius 2 is 2.00 bits per heavy atom. The van der Waals surface area contributed by atoms with E-state index >= 15 is 0 Å². The fraction of sp³-hybridized carbons (Fsp3) is 0.412. The van der Waals surface area contributed by atoms with Crippen molar-refractivity contribution < 1.29 is 4.79 Å². The molecule has 116 valence electrons. The monoisotopic (exact) mass is 298 g/mol. The summed E-state index contributed by atoms with van der Waals surface area (Å²) >= 11 is 0. The minimum absolute atomic E-state index is 0.0864. The molecule has 0 N–H and O–H groups in total. The normalized spacial score (nSPS) is 16.0. The summed E-state index contributed by atoms with van der Waals surface area (Å²) in [6.45, 7) is 6.46. The zero-order chi connectivity index (χ0) is 15.5. The number of carbonyl (C=O) groups is 1. The van der Waals surface area contributed by atoms with Gasteiger partial charge in [0.25, 0.3) is 5.91 Å². The SMILES string of the molecule is Cc1cccc(CN2CCN(C(=O)c3cnn(C)c3)CC2)c1. The van der Waals surface area contributed by atoms with Crippen LogP contribution >= 0.6 is 0 Å². The molecule has 2 aromatic rings. The maximum Gasteiger partial charge on any atom is 0.257 e. The predicted octanol–water partition coefficient (Wildman–Crippen LogP) is 1.69. The molecule has 22 heavy (non-hydrogen) atoms. The molecule has 0 atom stereocenters. The van der Waals surface area contributed by atoms with Crippen LogP contribution in [0.2, 0.25) is 0 Å². The molecule has 5 nitrogen and oxygen atoms in total. The summed E-state index contributed by atoms with van der Waals surface area (Å²) in [7, 11) is 1.83. The molecule has 0 aliphatic carbocycles. The number of hydrogen-bond donors (Lipinski definition) is 0. The van der Waals surface area contributed by atoms with E-state index in [9.17, 15) is 4.79 Å². The maximum atomic E-state index is 12.4. The largest absolute Gasteiger partial charge is 0.336 e. The Morgan fingerprint density at radius 1 is 1.23 bits per heavy atom. The number of hydrogen-bond acceptors (Lipinski definition) is 3. The zero-order valence-electron chi connectivity index (χ0n) is 13.2. The van der Waals surface area contributed by atoms with Crippen LogP contribution in [-0.4, -0.2) is 51.7 Å². The lowest BCUT2D eigenvalue weighted by Gasteiger charge is -2.34. The van der Waals surface area contributed by atoms with Gasteiger partial charge in [-0.3, -0.25) is 14.4 Å². The smallest absolute Gasteiger partial charge is 0.257 e. The maximum absolute atomic E-state index is 12.4. The van der Waals surface area contributed by atoms with Gasteiger partial charge in [0.1, 0.15) is 0 Å². The molecule has 1 amide bonds. The number of nitrogens with zero attached hydrogens (tertiary/aromatic N) is 4. The molecule has 1 fully saturated rings. The first-order chi connectivity index (χ1) is 10.6. The minimum Gasteiger partial charge on any atom is -0.336 e. The first kappa shape index (κ1) is 14.8. The lowest BCUT2D eigenvalue weighted by atomic mass is 10.1. The van der Waals surface area contributed by atoms with Crippen molar-refractivity contribution in [2.75, 3.05) is 26.2 Å². The van der Waals surface area contributed by atoms with Gasteiger partial charge in [-0.1, -0.05) is 29.8 Å². The summed E-state index contributed by atoms with van der Waals surface area (Å²) in [4.78, 5) is 16.7. The van der Waals surface area contributed by atoms with Crippen LogP contribution in [0.25, 0.3) is 0 Å². The van der Waals surface area contributed by atoms with E-state index in [0.29, 0.717) is 5.56 Å². The Hall–Kier alpha value is -2.14. The second kappa shape index (κ2) is 6.32. The van der Waals surface area contributed by atoms with Gasteiger partial charge in [-0.2, -0.15) is 5.10 Å². The summed E-state index contributed by atoms with van der Waals surface area (Å²) in [6.07, 6.45) is 3.42. The van der Waals surface area contributed by atoms with E-state index in [1.165, 1.54) is 11.1 Å². The number of rotatable bonds is 3. The van der Waals surface area contributed by atoms with E-state index in [1.54, 1.807) is 17.1 Å². The van der Waals surface area contributed by atoms with Crippen LogP contribution in [0.1, 0.15) is 21.5 Å². The molecule has 2 heterocycles. The van der Waals surface area contributed by atoms with E-state index in [0.717, 1.165) is 32.7 Å². The fourth-order valence-corrected chi connectivity index (χ4v) is 2.89. The van der Waals surface area contributed by atoms with Gasteiger partial charge >= 0.3 is 0 Å². The molecule has 0 bridgehead atoms. The van der Waals surface area contributed by atoms with Crippen LogP contribution in [0, 0.1) is 6.92 Å². The van der Waals surface area contributed by atoms with Crippen LogP contribution in [0.4, 0.5) is 0 Å². The van der Waals surface area contributed by atoms with Gasteiger partial charge in [0.15, 0.2) is 0 Å². The third-order valence-electron chi connectivity index (χ3n) is 4.10. The van der Waals surface area contributed by atoms with Gasteiger partial charge in [0.05, 0.1) is 11.8 Å². The highest BCUT2D eigenvalue weighted by Crippen LogP contribution is 2.12. The third kappa shape index (κ3) is 3.36. The summed E-state index contributed by atoms with van der Waals surface area (Å²) in [5.41, 5.74) is 3.31. The molecular weight excluding hydrogens is 276 g/mol. The molecule has 0 radical (unpaired) electrons. The number of aryl methyl sites for hydroxylation is 2. The van der Waals surface area contributed by atoms with E-state index in [-0.39, 0.29) is 5.91 Å². The van der Waals surface area contributed by atoms with Crippen LogP contribution in [0.15, 0.2) is 36.7 Å². The molecule has 1 aliphatic rings. The highest BCUT2D eigenvalue weighted by molar-refractivity contribution is 5.93. The van der Waals surface area contributed by atoms with Crippen molar-refractivity contribution in [1.82, 2.24) is 19.6 Å². The van der Waals surface area contributed by atoms with Crippen molar-refractivity contribution in [3.05, 3.63) is 53.3 Å². The molecule has 0 saturated carbocycles. The van der Waals surface area contributed by atoms with Gasteiger partial charge in [0, 0.05) is 46.0 Å². The predicted molar refractivity (Wildman–Crippen MR) is 85.6 cm³/mol. The standard InChI is InChI=1S/C17H22N4O/c1-14-4-3-5-15(10-14)12-20-6-8-21(9-7-20)17(22)16-11-18-19(2)13-16/h3-5,10-11,13H,6-9,12H2,1-2H3. The summed E-state index contributed by atoms with van der Waals surface area (Å²) < 4.78 is 1.67. The van der Waals surface area contributed by atoms with Crippen LogP contribution in [0.3, 0.4) is 0 Å². The van der Waals surface area contributed by atoms with E-state index in [1.807, 2.05) is 11.9 Å². The number of benzene rings is 1. The lowest BCUT2D eigenvalue weighted by Crippen LogP contribution is -2.48. The molecule has 1 saturated heterocycles. The topological polar surface area (TPSA) is 41.4 Å². The molecule has 1 aromatic heterocycles. The van der Waals surface area contributed by atoms with Gasteiger partial charge in [-0.15, -0.1) is 0 Å². The van der Waals surface area contributed by atoms with Crippen molar-refractivity contribution in [1.29, 1.82) is 0 Å². The van der Waals surface area contributed by atoms with Crippen LogP contribution in [0.5, 0.6) is 0 Å². The number of aromatic nitrogens is 2. The lowest BCUT2D eigenvalue weighted by molar-refractivity contribution is 0.0628. The summed E-state index contributed by atoms with van der Waals surface area (Å²) in [5, 5.41) is 4.07. The second-order valence-electron chi connectivity index (χ2n) is 5.96. The minimum atomic E-state index is 0.0864. The Kier molecular flexibility index (Phi) is 4.24. The number of amides is 1. The average Bonchev–Trinajstić information content (AvgIpc) is 2.94. The Morgan fingerprint density at radius 3 is 2.64 bits per heavy atom. The number of piperazine rings is 1. The third-order valence-corrected chi connectivity index (χ3v) is 4.10. The van der Waals surface area contributed by atoms with Crippen LogP contribution < -0.4 is 0 Å². The van der Waals surface area contributed by atoms with Gasteiger partial charge in [0.2, 0.25) is 0 Å². The molecule has 0 unspecified atom stereocenters. The highest BCUT2D eigenvalue weighted by Gasteiger charge is 2.22. The Balaban J connectivity index is 1.55. The quantitative estimate of drug-likeness (QED) is 0.866. The van der Waals surface area contributed by atoms with Crippen molar-refractivity contribution in [2.24, 2.45) is 7.05 Å². The van der Waals surface area contributed by atoms with E-state index in [4.69, 9.17) is 0 Å². The van der Waals surface area contributed by atoms with Crippen molar-refractivity contribution in [3.8, 4) is 0 Å². The molecule has 3 rings (SSSR count). The van der Waals surface area contributed by atoms with Crippen LogP contribution in [-0.2, 0) is 13.6 Å². The molecule has 1 aromatic carbocycles. The summed E-state index contributed by atoms with van der Waals surface area (Å²) in [5.74, 6) is 0.0864. The Labute approximate surface area is 131 Å². The first-order valence-electron chi connectivity index (χ1n) is 7.67. The molecule has 5 heteroatoms. The summed E-state index contributed by atoms with van der Waals surface area (Å²) in [6, 6.07) is 8.62. The number of carbonyl (C=O) groups excluding carboxylic acids is 1. The van der Waals surface area contributed by atoms with E-state index in [2.05, 4.69) is 41.2 Å². The highest BCUT2D eigenvalue weighted by atomic mass is 16.2. The molecular formula is C17H22N4O. The molecule has 1 aliphatic heterocycles.